The summed E-state index contributed by atoms with van der Waals surface area (Å²) in [5.41, 5.74) is 5.55. The van der Waals surface area contributed by atoms with Crippen molar-refractivity contribution in [3.05, 3.63) is 89.7 Å². The van der Waals surface area contributed by atoms with Gasteiger partial charge in [-0.2, -0.15) is 0 Å². The molecule has 9 heteroatoms. The van der Waals surface area contributed by atoms with Gasteiger partial charge in [-0.15, -0.1) is 0 Å². The summed E-state index contributed by atoms with van der Waals surface area (Å²) in [4.78, 5) is 25.0. The average Bonchev–Trinajstić information content (AvgIpc) is 3.00. The summed E-state index contributed by atoms with van der Waals surface area (Å²) in [6.07, 6.45) is 2.63. The Morgan fingerprint density at radius 3 is 2.38 bits per heavy atom. The van der Waals surface area contributed by atoms with Crippen LogP contribution in [0, 0.1) is 19.8 Å². The highest BCUT2D eigenvalue weighted by molar-refractivity contribution is 7.89. The molecule has 1 atom stereocenters. The third kappa shape index (κ3) is 6.09. The number of aryl methyl sites for hydroxylation is 2. The molecular weight excluding hydrogens is 546 g/mol. The normalized spacial score (nSPS) is 21.4. The molecule has 0 radical (unpaired) electrons. The summed E-state index contributed by atoms with van der Waals surface area (Å²) in [5.74, 6) is 0.106. The lowest BCUT2D eigenvalue weighted by atomic mass is 9.85. The lowest BCUT2D eigenvalue weighted by molar-refractivity contribution is -0.140. The maximum Gasteiger partial charge on any atom is 0.240 e. The molecule has 2 fully saturated rings. The molecule has 42 heavy (non-hydrogen) atoms. The Bertz CT molecular complexity index is 1680. The number of piperazine rings is 1. The quantitative estimate of drug-likeness (QED) is 0.334. The molecule has 218 valence electrons. The van der Waals surface area contributed by atoms with E-state index in [1.807, 2.05) is 61.2 Å². The molecule has 4 aromatic rings. The van der Waals surface area contributed by atoms with Crippen LogP contribution in [0.5, 0.6) is 0 Å². The Kier molecular flexibility index (Phi) is 8.07. The SMILES string of the molecule is Cc1cc(-c2ccc3cc(S(=O)(=O)NC4CCC(C(=O)N5CCNCC5c5ccccc5)CC4)ccc3n2)cc(C)n1. The van der Waals surface area contributed by atoms with Crippen molar-refractivity contribution in [2.75, 3.05) is 19.6 Å². The number of benzene rings is 2. The zero-order valence-electron chi connectivity index (χ0n) is 24.1. The van der Waals surface area contributed by atoms with Crippen LogP contribution in [0.4, 0.5) is 0 Å². The first-order valence-corrected chi connectivity index (χ1v) is 16.2. The minimum atomic E-state index is -3.72. The highest BCUT2D eigenvalue weighted by atomic mass is 32.2. The number of nitrogens with zero attached hydrogens (tertiary/aromatic N) is 3. The average molecular weight is 584 g/mol. The van der Waals surface area contributed by atoms with Crippen molar-refractivity contribution in [3.8, 4) is 11.3 Å². The third-order valence-electron chi connectivity index (χ3n) is 8.46. The van der Waals surface area contributed by atoms with Crippen molar-refractivity contribution >= 4 is 26.8 Å². The van der Waals surface area contributed by atoms with Gasteiger partial charge in [0.25, 0.3) is 0 Å². The van der Waals surface area contributed by atoms with Crippen LogP contribution in [0.3, 0.4) is 0 Å². The van der Waals surface area contributed by atoms with E-state index in [0.717, 1.165) is 52.2 Å². The summed E-state index contributed by atoms with van der Waals surface area (Å²) in [5, 5.41) is 4.18. The van der Waals surface area contributed by atoms with E-state index >= 15 is 0 Å². The summed E-state index contributed by atoms with van der Waals surface area (Å²) in [6.45, 7) is 6.14. The van der Waals surface area contributed by atoms with E-state index < -0.39 is 10.0 Å². The van der Waals surface area contributed by atoms with Crippen LogP contribution in [0.1, 0.15) is 48.7 Å². The lowest BCUT2D eigenvalue weighted by Gasteiger charge is -2.40. The molecular formula is C33H37N5O3S. The van der Waals surface area contributed by atoms with Gasteiger partial charge in [0.2, 0.25) is 15.9 Å². The summed E-state index contributed by atoms with van der Waals surface area (Å²) in [7, 11) is -3.72. The Morgan fingerprint density at radius 2 is 1.64 bits per heavy atom. The largest absolute Gasteiger partial charge is 0.333 e. The third-order valence-corrected chi connectivity index (χ3v) is 9.98. The molecule has 2 aromatic carbocycles. The van der Waals surface area contributed by atoms with Crippen LogP contribution in [-0.4, -0.2) is 54.9 Å². The van der Waals surface area contributed by atoms with Crippen molar-refractivity contribution in [2.24, 2.45) is 5.92 Å². The number of carbonyl (C=O) groups excluding carboxylic acids is 1. The van der Waals surface area contributed by atoms with Gasteiger partial charge in [0.15, 0.2) is 0 Å². The van der Waals surface area contributed by atoms with Gasteiger partial charge in [0, 0.05) is 53.9 Å². The zero-order valence-corrected chi connectivity index (χ0v) is 24.9. The number of rotatable bonds is 6. The van der Waals surface area contributed by atoms with Gasteiger partial charge in [0.05, 0.1) is 22.1 Å². The summed E-state index contributed by atoms with van der Waals surface area (Å²) in [6, 6.07) is 22.9. The Hall–Kier alpha value is -3.66. The zero-order chi connectivity index (χ0) is 29.3. The van der Waals surface area contributed by atoms with Crippen LogP contribution in [0.2, 0.25) is 0 Å². The molecule has 0 spiro atoms. The standard InChI is InChI=1S/C33H37N5O3S/c1-22-18-27(19-23(2)35-22)31-14-10-26-20-29(13-15-30(26)36-31)42(40,41)37-28-11-8-25(9-12-28)33(39)38-17-16-34-21-32(38)24-6-4-3-5-7-24/h3-7,10,13-15,18-20,25,28,32,34,37H,8-9,11-12,16-17,21H2,1-2H3. The number of aromatic nitrogens is 2. The Balaban J connectivity index is 1.10. The monoisotopic (exact) mass is 583 g/mol. The highest BCUT2D eigenvalue weighted by Gasteiger charge is 2.35. The minimum absolute atomic E-state index is 0.0279. The van der Waals surface area contributed by atoms with Crippen molar-refractivity contribution in [3.63, 3.8) is 0 Å². The molecule has 8 nitrogen and oxygen atoms in total. The molecule has 1 aliphatic carbocycles. The van der Waals surface area contributed by atoms with Crippen molar-refractivity contribution in [2.45, 2.75) is 56.5 Å². The van der Waals surface area contributed by atoms with Gasteiger partial charge in [0.1, 0.15) is 0 Å². The molecule has 1 amide bonds. The van der Waals surface area contributed by atoms with Crippen LogP contribution >= 0.6 is 0 Å². The van der Waals surface area contributed by atoms with E-state index in [9.17, 15) is 13.2 Å². The van der Waals surface area contributed by atoms with Crippen LogP contribution < -0.4 is 10.0 Å². The van der Waals surface area contributed by atoms with Gasteiger partial charge < -0.3 is 10.2 Å². The van der Waals surface area contributed by atoms with E-state index in [1.165, 1.54) is 0 Å². The molecule has 1 unspecified atom stereocenters. The molecule has 3 heterocycles. The number of pyridine rings is 2. The first-order chi connectivity index (χ1) is 20.3. The van der Waals surface area contributed by atoms with Crippen molar-refractivity contribution in [1.82, 2.24) is 24.9 Å². The van der Waals surface area contributed by atoms with Crippen LogP contribution in [0.15, 0.2) is 77.7 Å². The molecule has 1 saturated carbocycles. The van der Waals surface area contributed by atoms with E-state index in [2.05, 4.69) is 27.2 Å². The fourth-order valence-corrected chi connectivity index (χ4v) is 7.68. The summed E-state index contributed by atoms with van der Waals surface area (Å²) >= 11 is 0. The number of fused-ring (bicyclic) bond motifs is 1. The number of sulfonamides is 1. The molecule has 1 aliphatic heterocycles. The predicted molar refractivity (Wildman–Crippen MR) is 164 cm³/mol. The number of amides is 1. The van der Waals surface area contributed by atoms with Crippen LogP contribution in [0.25, 0.3) is 22.2 Å². The Morgan fingerprint density at radius 1 is 0.905 bits per heavy atom. The van der Waals surface area contributed by atoms with Gasteiger partial charge in [-0.1, -0.05) is 36.4 Å². The van der Waals surface area contributed by atoms with Crippen molar-refractivity contribution in [1.29, 1.82) is 0 Å². The van der Waals surface area contributed by atoms with E-state index in [-0.39, 0.29) is 28.8 Å². The second-order valence-electron chi connectivity index (χ2n) is 11.5. The van der Waals surface area contributed by atoms with Gasteiger partial charge >= 0.3 is 0 Å². The maximum atomic E-state index is 13.6. The molecule has 0 bridgehead atoms. The van der Waals surface area contributed by atoms with E-state index in [4.69, 9.17) is 4.98 Å². The first-order valence-electron chi connectivity index (χ1n) is 14.7. The molecule has 2 N–H and O–H groups in total. The number of hydrogen-bond donors (Lipinski definition) is 2. The van der Waals surface area contributed by atoms with E-state index in [0.29, 0.717) is 32.2 Å². The number of hydrogen-bond acceptors (Lipinski definition) is 6. The second kappa shape index (κ2) is 11.9. The highest BCUT2D eigenvalue weighted by Crippen LogP contribution is 2.31. The van der Waals surface area contributed by atoms with Crippen molar-refractivity contribution < 1.29 is 13.2 Å². The van der Waals surface area contributed by atoms with Crippen LogP contribution in [-0.2, 0) is 14.8 Å². The minimum Gasteiger partial charge on any atom is -0.333 e. The fraction of sp³-hybridized carbons (Fsp3) is 0.364. The topological polar surface area (TPSA) is 104 Å². The molecule has 2 aromatic heterocycles. The lowest BCUT2D eigenvalue weighted by Crippen LogP contribution is -2.51. The summed E-state index contributed by atoms with van der Waals surface area (Å²) < 4.78 is 29.6. The fourth-order valence-electron chi connectivity index (χ4n) is 6.34. The van der Waals surface area contributed by atoms with Gasteiger partial charge in [-0.05, 0) is 81.5 Å². The molecule has 2 aliphatic rings. The smallest absolute Gasteiger partial charge is 0.240 e. The molecule has 6 rings (SSSR count). The molecule has 1 saturated heterocycles. The second-order valence-corrected chi connectivity index (χ2v) is 13.2. The van der Waals surface area contributed by atoms with Gasteiger partial charge in [-0.25, -0.2) is 18.1 Å². The van der Waals surface area contributed by atoms with E-state index in [1.54, 1.807) is 18.2 Å². The number of nitrogens with one attached hydrogen (secondary N) is 2. The number of carbonyl (C=O) groups is 1. The first kappa shape index (κ1) is 28.5. The maximum absolute atomic E-state index is 13.6. The predicted octanol–water partition coefficient (Wildman–Crippen LogP) is 4.92. The Labute approximate surface area is 247 Å². The van der Waals surface area contributed by atoms with Gasteiger partial charge in [-0.3, -0.25) is 9.78 Å².